The van der Waals surface area contributed by atoms with Gasteiger partial charge in [-0.25, -0.2) is 15.0 Å². The van der Waals surface area contributed by atoms with Crippen LogP contribution < -0.4 is 14.4 Å². The maximum absolute atomic E-state index is 5.56. The summed E-state index contributed by atoms with van der Waals surface area (Å²) in [6, 6.07) is 5.93. The quantitative estimate of drug-likeness (QED) is 0.682. The molecule has 1 aromatic carbocycles. The Bertz CT molecular complexity index is 1060. The number of hydrogen-bond donors (Lipinski definition) is 0. The molecule has 0 atom stereocenters. The van der Waals surface area contributed by atoms with Crippen LogP contribution in [-0.2, 0) is 18.5 Å². The maximum atomic E-state index is 5.56. The fraction of sp³-hybridized carbons (Fsp3) is 0.409. The largest absolute Gasteiger partial charge is 0.496 e. The second kappa shape index (κ2) is 6.62. The van der Waals surface area contributed by atoms with Crippen molar-refractivity contribution in [1.29, 1.82) is 0 Å². The number of ether oxygens (including phenoxy) is 2. The number of fused-ring (bicyclic) bond motifs is 2. The lowest BCUT2D eigenvalue weighted by Crippen LogP contribution is -2.18. The number of pyridine rings is 1. The van der Waals surface area contributed by atoms with Crippen LogP contribution in [0.15, 0.2) is 24.4 Å². The summed E-state index contributed by atoms with van der Waals surface area (Å²) in [5, 5.41) is 0.983. The molecule has 6 heteroatoms. The number of aryl methyl sites for hydroxylation is 1. The van der Waals surface area contributed by atoms with Gasteiger partial charge in [0.15, 0.2) is 0 Å². The lowest BCUT2D eigenvalue weighted by atomic mass is 9.95. The molecule has 0 saturated carbocycles. The molecular weight excluding hydrogens is 352 g/mol. The summed E-state index contributed by atoms with van der Waals surface area (Å²) in [6.45, 7) is 9.96. The van der Waals surface area contributed by atoms with Gasteiger partial charge in [-0.05, 0) is 30.7 Å². The molecule has 28 heavy (non-hydrogen) atoms. The molecule has 0 radical (unpaired) electrons. The van der Waals surface area contributed by atoms with Gasteiger partial charge in [-0.1, -0.05) is 20.8 Å². The third-order valence-corrected chi connectivity index (χ3v) is 5.16. The molecule has 0 saturated heterocycles. The summed E-state index contributed by atoms with van der Waals surface area (Å²) in [6.07, 6.45) is 1.96. The van der Waals surface area contributed by atoms with Gasteiger partial charge in [0.05, 0.1) is 26.5 Å². The summed E-state index contributed by atoms with van der Waals surface area (Å²) < 4.78 is 11.1. The maximum Gasteiger partial charge on any atom is 0.145 e. The van der Waals surface area contributed by atoms with Crippen molar-refractivity contribution in [2.24, 2.45) is 0 Å². The number of methoxy groups -OCH3 is 2. The molecule has 3 heterocycles. The highest BCUT2D eigenvalue weighted by Gasteiger charge is 2.26. The zero-order valence-corrected chi connectivity index (χ0v) is 17.3. The Balaban J connectivity index is 1.76. The first-order chi connectivity index (χ1) is 13.3. The van der Waals surface area contributed by atoms with Crippen molar-refractivity contribution in [1.82, 2.24) is 15.0 Å². The van der Waals surface area contributed by atoms with Crippen molar-refractivity contribution < 1.29 is 9.47 Å². The fourth-order valence-electron chi connectivity index (χ4n) is 3.63. The first-order valence-electron chi connectivity index (χ1n) is 9.44. The first kappa shape index (κ1) is 18.5. The smallest absolute Gasteiger partial charge is 0.145 e. The average Bonchev–Trinajstić information content (AvgIpc) is 3.09. The predicted molar refractivity (Wildman–Crippen MR) is 110 cm³/mol. The number of hydrogen-bond acceptors (Lipinski definition) is 6. The molecule has 0 bridgehead atoms. The van der Waals surface area contributed by atoms with Gasteiger partial charge in [0, 0.05) is 29.1 Å². The highest BCUT2D eigenvalue weighted by molar-refractivity contribution is 5.94. The standard InChI is InChI=1S/C22H26N4O2/c1-13-9-18(25-20-17(28-6)8-7-16(27-5)19(13)20)26-11-14-10-23-21(22(2,3)4)24-15(14)12-26/h7-10H,11-12H2,1-6H3. The van der Waals surface area contributed by atoms with Crippen LogP contribution in [0.2, 0.25) is 0 Å². The van der Waals surface area contributed by atoms with Crippen molar-refractivity contribution in [3.05, 3.63) is 47.0 Å². The fourth-order valence-corrected chi connectivity index (χ4v) is 3.63. The van der Waals surface area contributed by atoms with Crippen molar-refractivity contribution in [2.75, 3.05) is 19.1 Å². The number of aromatic nitrogens is 3. The first-order valence-corrected chi connectivity index (χ1v) is 9.44. The Hall–Kier alpha value is -2.89. The van der Waals surface area contributed by atoms with Gasteiger partial charge in [-0.2, -0.15) is 0 Å². The third-order valence-electron chi connectivity index (χ3n) is 5.16. The lowest BCUT2D eigenvalue weighted by molar-refractivity contribution is 0.409. The molecule has 0 unspecified atom stereocenters. The van der Waals surface area contributed by atoms with E-state index < -0.39 is 0 Å². The SMILES string of the molecule is COc1ccc(OC)c2c(C)cc(N3Cc4cnc(C(C)(C)C)nc4C3)nc12. The van der Waals surface area contributed by atoms with Gasteiger partial charge in [-0.3, -0.25) is 0 Å². The summed E-state index contributed by atoms with van der Waals surface area (Å²) in [4.78, 5) is 16.6. The van der Waals surface area contributed by atoms with E-state index in [1.165, 1.54) is 0 Å². The summed E-state index contributed by atoms with van der Waals surface area (Å²) in [5.74, 6) is 3.33. The molecule has 2 aromatic heterocycles. The highest BCUT2D eigenvalue weighted by Crippen LogP contribution is 2.37. The molecule has 1 aliphatic heterocycles. The van der Waals surface area contributed by atoms with Gasteiger partial charge in [0.2, 0.25) is 0 Å². The topological polar surface area (TPSA) is 60.4 Å². The Morgan fingerprint density at radius 3 is 2.39 bits per heavy atom. The van der Waals surface area contributed by atoms with Gasteiger partial charge < -0.3 is 14.4 Å². The predicted octanol–water partition coefficient (Wildman–Crippen LogP) is 4.17. The normalized spacial score (nSPS) is 13.7. The number of benzene rings is 1. The van der Waals surface area contributed by atoms with E-state index in [-0.39, 0.29) is 5.41 Å². The molecule has 0 fully saturated rings. The molecule has 6 nitrogen and oxygen atoms in total. The Morgan fingerprint density at radius 1 is 1.00 bits per heavy atom. The Labute approximate surface area is 165 Å². The number of rotatable bonds is 3. The van der Waals surface area contributed by atoms with Crippen molar-refractivity contribution in [2.45, 2.75) is 46.2 Å². The van der Waals surface area contributed by atoms with Crippen LogP contribution in [0.4, 0.5) is 5.82 Å². The van der Waals surface area contributed by atoms with Crippen LogP contribution in [0, 0.1) is 6.92 Å². The molecule has 4 rings (SSSR count). The van der Waals surface area contributed by atoms with Crippen LogP contribution in [-0.4, -0.2) is 29.2 Å². The van der Waals surface area contributed by atoms with Gasteiger partial charge in [-0.15, -0.1) is 0 Å². The van der Waals surface area contributed by atoms with E-state index in [0.717, 1.165) is 64.0 Å². The molecule has 0 N–H and O–H groups in total. The van der Waals surface area contributed by atoms with E-state index in [0.29, 0.717) is 0 Å². The molecule has 3 aromatic rings. The lowest BCUT2D eigenvalue weighted by Gasteiger charge is -2.19. The molecule has 146 valence electrons. The zero-order chi connectivity index (χ0) is 20.1. The van der Waals surface area contributed by atoms with Crippen molar-refractivity contribution >= 4 is 16.7 Å². The molecule has 1 aliphatic rings. The number of anilines is 1. The van der Waals surface area contributed by atoms with E-state index in [2.05, 4.69) is 43.6 Å². The van der Waals surface area contributed by atoms with Crippen LogP contribution in [0.5, 0.6) is 11.5 Å². The van der Waals surface area contributed by atoms with Gasteiger partial charge in [0.25, 0.3) is 0 Å². The Kier molecular flexibility index (Phi) is 4.37. The monoisotopic (exact) mass is 378 g/mol. The van der Waals surface area contributed by atoms with E-state index in [9.17, 15) is 0 Å². The molecule has 0 aliphatic carbocycles. The van der Waals surface area contributed by atoms with Crippen molar-refractivity contribution in [3.8, 4) is 11.5 Å². The zero-order valence-electron chi connectivity index (χ0n) is 17.3. The second-order valence-corrected chi connectivity index (χ2v) is 8.26. The highest BCUT2D eigenvalue weighted by atomic mass is 16.5. The van der Waals surface area contributed by atoms with Crippen LogP contribution in [0.1, 0.15) is 43.4 Å². The van der Waals surface area contributed by atoms with E-state index in [4.69, 9.17) is 19.4 Å². The van der Waals surface area contributed by atoms with Crippen molar-refractivity contribution in [3.63, 3.8) is 0 Å². The van der Waals surface area contributed by atoms with Gasteiger partial charge in [0.1, 0.15) is 28.7 Å². The van der Waals surface area contributed by atoms with Gasteiger partial charge >= 0.3 is 0 Å². The van der Waals surface area contributed by atoms with Crippen LogP contribution in [0.3, 0.4) is 0 Å². The minimum absolute atomic E-state index is 0.0653. The molecule has 0 spiro atoms. The van der Waals surface area contributed by atoms with Crippen LogP contribution in [0.25, 0.3) is 10.9 Å². The minimum atomic E-state index is -0.0653. The van der Waals surface area contributed by atoms with E-state index in [1.807, 2.05) is 18.3 Å². The summed E-state index contributed by atoms with van der Waals surface area (Å²) in [7, 11) is 3.34. The van der Waals surface area contributed by atoms with Crippen LogP contribution >= 0.6 is 0 Å². The Morgan fingerprint density at radius 2 is 1.71 bits per heavy atom. The average molecular weight is 378 g/mol. The second-order valence-electron chi connectivity index (χ2n) is 8.26. The van der Waals surface area contributed by atoms with E-state index in [1.54, 1.807) is 14.2 Å². The number of nitrogens with zero attached hydrogens (tertiary/aromatic N) is 4. The minimum Gasteiger partial charge on any atom is -0.496 e. The summed E-state index contributed by atoms with van der Waals surface area (Å²) in [5.41, 5.74) is 4.09. The van der Waals surface area contributed by atoms with E-state index >= 15 is 0 Å². The third kappa shape index (κ3) is 3.03. The molecular formula is C22H26N4O2. The molecule has 0 amide bonds. The summed E-state index contributed by atoms with van der Waals surface area (Å²) >= 11 is 0.